The van der Waals surface area contributed by atoms with E-state index in [1.807, 2.05) is 0 Å². The minimum atomic E-state index is 0.814. The summed E-state index contributed by atoms with van der Waals surface area (Å²) in [6.45, 7) is 3.85. The van der Waals surface area contributed by atoms with Gasteiger partial charge in [-0.05, 0) is 71.0 Å². The van der Waals surface area contributed by atoms with Gasteiger partial charge < -0.3 is 10.1 Å². The molecular formula is C18H22INO. The monoisotopic (exact) mass is 395 g/mol. The highest BCUT2D eigenvalue weighted by Crippen LogP contribution is 2.15. The van der Waals surface area contributed by atoms with Crippen LogP contribution in [0.2, 0.25) is 0 Å². The fourth-order valence-corrected chi connectivity index (χ4v) is 2.38. The first kappa shape index (κ1) is 16.1. The second kappa shape index (κ2) is 8.93. The van der Waals surface area contributed by atoms with Crippen molar-refractivity contribution in [2.45, 2.75) is 32.7 Å². The summed E-state index contributed by atoms with van der Waals surface area (Å²) < 4.78 is 6.97. The van der Waals surface area contributed by atoms with Crippen LogP contribution in [0.4, 0.5) is 5.69 Å². The van der Waals surface area contributed by atoms with Gasteiger partial charge in [-0.25, -0.2) is 0 Å². The predicted molar refractivity (Wildman–Crippen MR) is 97.9 cm³/mol. The van der Waals surface area contributed by atoms with E-state index in [1.165, 1.54) is 22.0 Å². The highest BCUT2D eigenvalue weighted by molar-refractivity contribution is 14.1. The molecule has 0 unspecified atom stereocenters. The summed E-state index contributed by atoms with van der Waals surface area (Å²) >= 11 is 2.31. The Morgan fingerprint density at radius 3 is 2.33 bits per heavy atom. The van der Waals surface area contributed by atoms with E-state index < -0.39 is 0 Å². The quantitative estimate of drug-likeness (QED) is 0.473. The lowest BCUT2D eigenvalue weighted by molar-refractivity contribution is 0.306. The summed E-state index contributed by atoms with van der Waals surface area (Å²) in [7, 11) is 0. The van der Waals surface area contributed by atoms with Crippen LogP contribution in [0.3, 0.4) is 0 Å². The Bertz CT molecular complexity index is 522. The van der Waals surface area contributed by atoms with E-state index >= 15 is 0 Å². The number of nitrogens with one attached hydrogen (secondary N) is 1. The van der Waals surface area contributed by atoms with Crippen LogP contribution in [0.15, 0.2) is 48.5 Å². The fraction of sp³-hybridized carbons (Fsp3) is 0.333. The number of unbranched alkanes of at least 4 members (excludes halogenated alkanes) is 2. The van der Waals surface area contributed by atoms with Gasteiger partial charge in [0.05, 0.1) is 6.61 Å². The molecule has 3 heteroatoms. The van der Waals surface area contributed by atoms with Crippen LogP contribution < -0.4 is 10.1 Å². The van der Waals surface area contributed by atoms with Crippen LogP contribution in [0.25, 0.3) is 0 Å². The first-order valence-corrected chi connectivity index (χ1v) is 8.57. The number of hydrogen-bond donors (Lipinski definition) is 1. The van der Waals surface area contributed by atoms with E-state index in [2.05, 4.69) is 83.4 Å². The largest absolute Gasteiger partial charge is 0.494 e. The van der Waals surface area contributed by atoms with Gasteiger partial charge in [0.15, 0.2) is 0 Å². The highest BCUT2D eigenvalue weighted by atomic mass is 127. The van der Waals surface area contributed by atoms with E-state index in [4.69, 9.17) is 4.74 Å². The van der Waals surface area contributed by atoms with Gasteiger partial charge in [-0.1, -0.05) is 31.9 Å². The van der Waals surface area contributed by atoms with Crippen molar-refractivity contribution in [2.75, 3.05) is 11.9 Å². The minimum absolute atomic E-state index is 0.814. The average molecular weight is 395 g/mol. The van der Waals surface area contributed by atoms with Crippen molar-refractivity contribution >= 4 is 28.3 Å². The predicted octanol–water partition coefficient (Wildman–Crippen LogP) is 5.47. The fourth-order valence-electron chi connectivity index (χ4n) is 2.02. The van der Waals surface area contributed by atoms with E-state index in [-0.39, 0.29) is 0 Å². The van der Waals surface area contributed by atoms with Gasteiger partial charge in [-0.3, -0.25) is 0 Å². The van der Waals surface area contributed by atoms with Gasteiger partial charge in [0.1, 0.15) is 5.75 Å². The third-order valence-electron chi connectivity index (χ3n) is 3.28. The molecule has 2 nitrogen and oxygen atoms in total. The van der Waals surface area contributed by atoms with Gasteiger partial charge in [0.2, 0.25) is 0 Å². The Hall–Kier alpha value is -1.23. The summed E-state index contributed by atoms with van der Waals surface area (Å²) in [5.41, 5.74) is 2.41. The molecule has 0 amide bonds. The SMILES string of the molecule is CCCCCOc1ccc(CNc2ccc(I)cc2)cc1. The third kappa shape index (κ3) is 5.96. The molecular weight excluding hydrogens is 373 g/mol. The van der Waals surface area contributed by atoms with E-state index in [1.54, 1.807) is 0 Å². The van der Waals surface area contributed by atoms with Crippen molar-refractivity contribution in [2.24, 2.45) is 0 Å². The summed E-state index contributed by atoms with van der Waals surface area (Å²) in [4.78, 5) is 0. The molecule has 0 spiro atoms. The second-order valence-electron chi connectivity index (χ2n) is 5.06. The normalized spacial score (nSPS) is 10.4. The Morgan fingerprint density at radius 2 is 1.67 bits per heavy atom. The molecule has 2 aromatic rings. The van der Waals surface area contributed by atoms with Crippen molar-refractivity contribution in [3.63, 3.8) is 0 Å². The lowest BCUT2D eigenvalue weighted by Gasteiger charge is -2.09. The zero-order chi connectivity index (χ0) is 14.9. The van der Waals surface area contributed by atoms with Crippen LogP contribution in [0.1, 0.15) is 31.7 Å². The maximum atomic E-state index is 5.72. The van der Waals surface area contributed by atoms with Crippen molar-refractivity contribution in [3.05, 3.63) is 57.7 Å². The molecule has 0 aliphatic rings. The molecule has 0 radical (unpaired) electrons. The topological polar surface area (TPSA) is 21.3 Å². The number of ether oxygens (including phenoxy) is 1. The molecule has 1 N–H and O–H groups in total. The Labute approximate surface area is 141 Å². The molecule has 2 rings (SSSR count). The van der Waals surface area contributed by atoms with Crippen molar-refractivity contribution in [3.8, 4) is 5.75 Å². The zero-order valence-corrected chi connectivity index (χ0v) is 14.6. The summed E-state index contributed by atoms with van der Waals surface area (Å²) in [6.07, 6.45) is 3.59. The third-order valence-corrected chi connectivity index (χ3v) is 4.00. The summed E-state index contributed by atoms with van der Waals surface area (Å²) in [5.74, 6) is 0.962. The number of hydrogen-bond acceptors (Lipinski definition) is 2. The van der Waals surface area contributed by atoms with Gasteiger partial charge >= 0.3 is 0 Å². The van der Waals surface area contributed by atoms with Crippen molar-refractivity contribution in [1.29, 1.82) is 0 Å². The molecule has 21 heavy (non-hydrogen) atoms. The molecule has 0 aromatic heterocycles. The first-order chi connectivity index (χ1) is 10.3. The van der Waals surface area contributed by atoms with Gasteiger partial charge in [0.25, 0.3) is 0 Å². The Kier molecular flexibility index (Phi) is 6.86. The van der Waals surface area contributed by atoms with E-state index in [0.29, 0.717) is 0 Å². The van der Waals surface area contributed by atoms with Gasteiger partial charge in [-0.2, -0.15) is 0 Å². The molecule has 0 heterocycles. The molecule has 0 aliphatic carbocycles. The van der Waals surface area contributed by atoms with Gasteiger partial charge in [0, 0.05) is 15.8 Å². The summed E-state index contributed by atoms with van der Waals surface area (Å²) in [5, 5.41) is 3.42. The number of rotatable bonds is 8. The average Bonchev–Trinajstić information content (AvgIpc) is 2.52. The molecule has 0 saturated carbocycles. The van der Waals surface area contributed by atoms with Crippen molar-refractivity contribution in [1.82, 2.24) is 0 Å². The minimum Gasteiger partial charge on any atom is -0.494 e. The van der Waals surface area contributed by atoms with Crippen molar-refractivity contribution < 1.29 is 4.74 Å². The van der Waals surface area contributed by atoms with Crippen LogP contribution in [0.5, 0.6) is 5.75 Å². The number of halogens is 1. The van der Waals surface area contributed by atoms with E-state index in [9.17, 15) is 0 Å². The molecule has 0 saturated heterocycles. The van der Waals surface area contributed by atoms with E-state index in [0.717, 1.165) is 31.0 Å². The maximum Gasteiger partial charge on any atom is 0.119 e. The molecule has 0 bridgehead atoms. The van der Waals surface area contributed by atoms with Crippen LogP contribution in [-0.4, -0.2) is 6.61 Å². The molecule has 0 atom stereocenters. The lowest BCUT2D eigenvalue weighted by atomic mass is 10.2. The zero-order valence-electron chi connectivity index (χ0n) is 12.4. The first-order valence-electron chi connectivity index (χ1n) is 7.49. The number of benzene rings is 2. The van der Waals surface area contributed by atoms with Gasteiger partial charge in [-0.15, -0.1) is 0 Å². The standard InChI is InChI=1S/C18H22INO/c1-2-3-4-13-21-18-11-5-15(6-12-18)14-20-17-9-7-16(19)8-10-17/h5-12,20H,2-4,13-14H2,1H3. The van der Waals surface area contributed by atoms with Crippen LogP contribution in [0, 0.1) is 3.57 Å². The Balaban J connectivity index is 1.78. The Morgan fingerprint density at radius 1 is 0.952 bits per heavy atom. The molecule has 112 valence electrons. The lowest BCUT2D eigenvalue weighted by Crippen LogP contribution is -2.00. The summed E-state index contributed by atoms with van der Waals surface area (Å²) in [6, 6.07) is 16.8. The maximum absolute atomic E-state index is 5.72. The molecule has 0 aliphatic heterocycles. The highest BCUT2D eigenvalue weighted by Gasteiger charge is 1.97. The van der Waals surface area contributed by atoms with Crippen LogP contribution in [-0.2, 0) is 6.54 Å². The van der Waals surface area contributed by atoms with Crippen LogP contribution >= 0.6 is 22.6 Å². The smallest absolute Gasteiger partial charge is 0.119 e. The number of anilines is 1. The second-order valence-corrected chi connectivity index (χ2v) is 6.31. The molecule has 2 aromatic carbocycles. The molecule has 0 fully saturated rings.